The minimum atomic E-state index is -1.56. The molecule has 0 saturated carbocycles. The fourth-order valence-electron chi connectivity index (χ4n) is 5.07. The zero-order valence-electron chi connectivity index (χ0n) is 14.5. The first-order chi connectivity index (χ1) is 11.9. The quantitative estimate of drug-likeness (QED) is 0.727. The number of carbonyl (C=O) groups is 1. The van der Waals surface area contributed by atoms with E-state index in [0.29, 0.717) is 41.7 Å². The van der Waals surface area contributed by atoms with Crippen LogP contribution in [0.15, 0.2) is 29.3 Å². The number of ketones is 1. The number of aliphatic hydroxyl groups is 3. The number of hydrogen-bond donors (Lipinski definition) is 3. The molecule has 5 atom stereocenters. The molecule has 0 amide bonds. The number of ether oxygens (including phenoxy) is 1. The number of rotatable bonds is 1. The highest BCUT2D eigenvalue weighted by atomic mass is 16.5. The maximum atomic E-state index is 12.7. The number of hydrogen-bond acceptors (Lipinski definition) is 5. The molecule has 0 spiro atoms. The van der Waals surface area contributed by atoms with E-state index in [1.165, 1.54) is 7.11 Å². The summed E-state index contributed by atoms with van der Waals surface area (Å²) in [6.07, 6.45) is -0.0890. The minimum Gasteiger partial charge on any atom is -0.496 e. The van der Waals surface area contributed by atoms with Crippen molar-refractivity contribution in [2.45, 2.75) is 50.4 Å². The van der Waals surface area contributed by atoms with Gasteiger partial charge in [0, 0.05) is 23.5 Å². The number of fused-ring (bicyclic) bond motifs is 3. The van der Waals surface area contributed by atoms with E-state index < -0.39 is 23.7 Å². The molecule has 5 heteroatoms. The van der Waals surface area contributed by atoms with Crippen LogP contribution in [0.25, 0.3) is 0 Å². The average Bonchev–Trinajstić information content (AvgIpc) is 2.59. The van der Waals surface area contributed by atoms with Gasteiger partial charge in [0.1, 0.15) is 17.5 Å². The molecule has 0 saturated heterocycles. The molecule has 1 aromatic carbocycles. The van der Waals surface area contributed by atoms with Crippen molar-refractivity contribution in [3.63, 3.8) is 0 Å². The van der Waals surface area contributed by atoms with Gasteiger partial charge in [-0.1, -0.05) is 24.6 Å². The summed E-state index contributed by atoms with van der Waals surface area (Å²) in [6, 6.07) is 5.19. The van der Waals surface area contributed by atoms with Gasteiger partial charge in [0.15, 0.2) is 5.78 Å². The van der Waals surface area contributed by atoms with Gasteiger partial charge in [-0.25, -0.2) is 0 Å². The van der Waals surface area contributed by atoms with E-state index in [1.807, 2.05) is 0 Å². The van der Waals surface area contributed by atoms with Crippen molar-refractivity contribution in [3.05, 3.63) is 40.5 Å². The number of carbonyl (C=O) groups excluding carboxylic acids is 1. The summed E-state index contributed by atoms with van der Waals surface area (Å²) in [5, 5.41) is 33.4. The Hall–Kier alpha value is -1.69. The van der Waals surface area contributed by atoms with Crippen molar-refractivity contribution in [2.75, 3.05) is 7.11 Å². The van der Waals surface area contributed by atoms with Crippen LogP contribution < -0.4 is 4.74 Å². The molecule has 3 aliphatic rings. The number of allylic oxidation sites excluding steroid dienone is 1. The Balaban J connectivity index is 1.91. The van der Waals surface area contributed by atoms with Gasteiger partial charge in [0.2, 0.25) is 0 Å². The Morgan fingerprint density at radius 2 is 2.00 bits per heavy atom. The lowest BCUT2D eigenvalue weighted by atomic mass is 9.58. The third-order valence-electron chi connectivity index (χ3n) is 6.19. The van der Waals surface area contributed by atoms with Crippen LogP contribution in [-0.2, 0) is 4.79 Å². The van der Waals surface area contributed by atoms with Crippen molar-refractivity contribution in [1.82, 2.24) is 0 Å². The maximum absolute atomic E-state index is 12.7. The predicted octanol–water partition coefficient (Wildman–Crippen LogP) is 2.21. The Morgan fingerprint density at radius 1 is 1.24 bits per heavy atom. The zero-order chi connectivity index (χ0) is 17.9. The van der Waals surface area contributed by atoms with Crippen LogP contribution in [0.2, 0.25) is 0 Å². The van der Waals surface area contributed by atoms with E-state index in [1.54, 1.807) is 18.2 Å². The molecular formula is C20H24O5. The van der Waals surface area contributed by atoms with Gasteiger partial charge in [-0.15, -0.1) is 0 Å². The summed E-state index contributed by atoms with van der Waals surface area (Å²) in [5.74, 6) is -0.0601. The summed E-state index contributed by atoms with van der Waals surface area (Å²) in [4.78, 5) is 12.7. The van der Waals surface area contributed by atoms with Crippen LogP contribution >= 0.6 is 0 Å². The van der Waals surface area contributed by atoms with Crippen LogP contribution in [0.4, 0.5) is 0 Å². The molecule has 5 nitrogen and oxygen atoms in total. The molecule has 25 heavy (non-hydrogen) atoms. The van der Waals surface area contributed by atoms with Gasteiger partial charge in [-0.2, -0.15) is 0 Å². The van der Waals surface area contributed by atoms with Crippen molar-refractivity contribution >= 4 is 5.78 Å². The number of Topliss-reactive ketones (excluding diaryl/α,β-unsaturated/α-hetero) is 1. The van der Waals surface area contributed by atoms with Gasteiger partial charge in [0.25, 0.3) is 0 Å². The normalized spacial score (nSPS) is 37.2. The highest BCUT2D eigenvalue weighted by molar-refractivity contribution is 5.98. The van der Waals surface area contributed by atoms with Gasteiger partial charge in [-0.05, 0) is 36.8 Å². The highest BCUT2D eigenvalue weighted by Gasteiger charge is 2.58. The Bertz CT molecular complexity index is 767. The largest absolute Gasteiger partial charge is 0.496 e. The predicted molar refractivity (Wildman–Crippen MR) is 91.0 cm³/mol. The fourth-order valence-corrected chi connectivity index (χ4v) is 5.07. The molecule has 1 aromatic rings. The molecule has 0 radical (unpaired) electrons. The summed E-state index contributed by atoms with van der Waals surface area (Å²) >= 11 is 0. The van der Waals surface area contributed by atoms with Crippen LogP contribution in [-0.4, -0.2) is 33.8 Å². The first-order valence-electron chi connectivity index (χ1n) is 8.89. The van der Waals surface area contributed by atoms with Gasteiger partial charge >= 0.3 is 0 Å². The second-order valence-electron chi connectivity index (χ2n) is 7.73. The Kier molecular flexibility index (Phi) is 3.79. The summed E-state index contributed by atoms with van der Waals surface area (Å²) < 4.78 is 5.34. The summed E-state index contributed by atoms with van der Waals surface area (Å²) in [6.45, 7) is 2.05. The molecule has 134 valence electrons. The molecular weight excluding hydrogens is 320 g/mol. The Morgan fingerprint density at radius 3 is 2.72 bits per heavy atom. The van der Waals surface area contributed by atoms with E-state index in [-0.39, 0.29) is 11.7 Å². The first-order valence-corrected chi connectivity index (χ1v) is 8.89. The molecule has 0 heterocycles. The third kappa shape index (κ3) is 2.23. The molecule has 5 unspecified atom stereocenters. The van der Waals surface area contributed by atoms with E-state index in [2.05, 4.69) is 6.92 Å². The second-order valence-corrected chi connectivity index (χ2v) is 7.73. The van der Waals surface area contributed by atoms with Crippen LogP contribution in [0.1, 0.15) is 55.9 Å². The number of methoxy groups -OCH3 is 1. The van der Waals surface area contributed by atoms with Crippen molar-refractivity contribution < 1.29 is 24.9 Å². The van der Waals surface area contributed by atoms with Crippen LogP contribution in [0, 0.1) is 11.8 Å². The average molecular weight is 344 g/mol. The molecule has 0 fully saturated rings. The zero-order valence-corrected chi connectivity index (χ0v) is 14.5. The standard InChI is InChI=1S/C20H24O5/c1-10-8-11-6-7-20(24)17(15(11)13(21)9-10)18(22)12-4-3-5-14(25-2)16(12)19(20)23/h3-5,10,17-19,22-24H,6-9H2,1-2H3. The lowest BCUT2D eigenvalue weighted by Gasteiger charge is -2.51. The SMILES string of the molecule is COc1cccc2c1C(O)C1(O)CCC3=C(C(=O)CC(C)C3)C1C2O. The topological polar surface area (TPSA) is 87.0 Å². The van der Waals surface area contributed by atoms with Crippen LogP contribution in [0.3, 0.4) is 0 Å². The van der Waals surface area contributed by atoms with E-state index in [9.17, 15) is 20.1 Å². The lowest BCUT2D eigenvalue weighted by molar-refractivity contribution is -0.160. The highest BCUT2D eigenvalue weighted by Crippen LogP contribution is 2.58. The van der Waals surface area contributed by atoms with E-state index >= 15 is 0 Å². The van der Waals surface area contributed by atoms with Gasteiger partial charge in [-0.3, -0.25) is 4.79 Å². The van der Waals surface area contributed by atoms with Gasteiger partial charge in [0.05, 0.1) is 13.2 Å². The van der Waals surface area contributed by atoms with Crippen molar-refractivity contribution in [1.29, 1.82) is 0 Å². The lowest BCUT2D eigenvalue weighted by Crippen LogP contribution is -2.54. The minimum absolute atomic E-state index is 0.00512. The molecule has 0 aliphatic heterocycles. The van der Waals surface area contributed by atoms with Gasteiger partial charge < -0.3 is 20.1 Å². The first kappa shape index (κ1) is 16.8. The molecule has 4 rings (SSSR count). The van der Waals surface area contributed by atoms with E-state index in [0.717, 1.165) is 12.0 Å². The molecule has 0 bridgehead atoms. The fraction of sp³-hybridized carbons (Fsp3) is 0.550. The summed E-state index contributed by atoms with van der Waals surface area (Å²) in [7, 11) is 1.50. The molecule has 3 aliphatic carbocycles. The molecule has 3 N–H and O–H groups in total. The second kappa shape index (κ2) is 5.66. The monoisotopic (exact) mass is 344 g/mol. The van der Waals surface area contributed by atoms with Crippen LogP contribution in [0.5, 0.6) is 5.75 Å². The smallest absolute Gasteiger partial charge is 0.159 e. The number of aliphatic hydroxyl groups excluding tert-OH is 2. The van der Waals surface area contributed by atoms with Crippen molar-refractivity contribution in [2.24, 2.45) is 11.8 Å². The summed E-state index contributed by atoms with van der Waals surface area (Å²) in [5.41, 5.74) is 0.984. The third-order valence-corrected chi connectivity index (χ3v) is 6.19. The van der Waals surface area contributed by atoms with Crippen molar-refractivity contribution in [3.8, 4) is 5.75 Å². The molecule has 0 aromatic heterocycles. The maximum Gasteiger partial charge on any atom is 0.159 e. The number of benzene rings is 1. The Labute approximate surface area is 146 Å². The van der Waals surface area contributed by atoms with E-state index in [4.69, 9.17) is 4.74 Å².